The Balaban J connectivity index is 1.71. The standard InChI is InChI=1S/C9H16N4O/c14-9-1-5-12(6-2-9)7-8-13-10-3-4-11-13/h3-4,9,14H,1-2,5-8H2. The molecule has 0 bridgehead atoms. The van der Waals surface area contributed by atoms with Crippen LogP contribution in [0.15, 0.2) is 12.4 Å². The van der Waals surface area contributed by atoms with Crippen LogP contribution >= 0.6 is 0 Å². The molecule has 0 radical (unpaired) electrons. The average molecular weight is 196 g/mol. The third-order valence-electron chi connectivity index (χ3n) is 2.64. The van der Waals surface area contributed by atoms with Gasteiger partial charge in [-0.3, -0.25) is 0 Å². The van der Waals surface area contributed by atoms with Crippen molar-refractivity contribution in [2.45, 2.75) is 25.5 Å². The van der Waals surface area contributed by atoms with E-state index in [1.165, 1.54) is 0 Å². The van der Waals surface area contributed by atoms with E-state index in [1.807, 2.05) is 0 Å². The van der Waals surface area contributed by atoms with E-state index in [1.54, 1.807) is 17.2 Å². The fourth-order valence-electron chi connectivity index (χ4n) is 1.73. The molecule has 1 aromatic heterocycles. The van der Waals surface area contributed by atoms with Crippen molar-refractivity contribution in [2.24, 2.45) is 0 Å². The van der Waals surface area contributed by atoms with E-state index in [-0.39, 0.29) is 6.10 Å². The molecule has 2 rings (SSSR count). The topological polar surface area (TPSA) is 54.2 Å². The van der Waals surface area contributed by atoms with Crippen LogP contribution in [0.3, 0.4) is 0 Å². The molecule has 5 heteroatoms. The maximum Gasteiger partial charge on any atom is 0.0734 e. The molecule has 1 N–H and O–H groups in total. The maximum absolute atomic E-state index is 9.32. The van der Waals surface area contributed by atoms with Gasteiger partial charge in [0.25, 0.3) is 0 Å². The van der Waals surface area contributed by atoms with Gasteiger partial charge in [-0.2, -0.15) is 15.0 Å². The minimum atomic E-state index is -0.0888. The number of aliphatic hydroxyl groups is 1. The lowest BCUT2D eigenvalue weighted by Crippen LogP contribution is -2.37. The van der Waals surface area contributed by atoms with Crippen molar-refractivity contribution in [1.82, 2.24) is 19.9 Å². The molecule has 0 spiro atoms. The average Bonchev–Trinajstić information content (AvgIpc) is 2.70. The summed E-state index contributed by atoms with van der Waals surface area (Å²) in [6.45, 7) is 3.79. The third-order valence-corrected chi connectivity index (χ3v) is 2.64. The van der Waals surface area contributed by atoms with Gasteiger partial charge in [0.1, 0.15) is 0 Å². The van der Waals surface area contributed by atoms with Crippen molar-refractivity contribution in [3.05, 3.63) is 12.4 Å². The molecule has 1 aliphatic heterocycles. The monoisotopic (exact) mass is 196 g/mol. The zero-order chi connectivity index (χ0) is 9.80. The van der Waals surface area contributed by atoms with E-state index in [4.69, 9.17) is 0 Å². The number of likely N-dealkylation sites (tertiary alicyclic amines) is 1. The van der Waals surface area contributed by atoms with E-state index in [0.717, 1.165) is 39.0 Å². The Morgan fingerprint density at radius 1 is 1.14 bits per heavy atom. The zero-order valence-electron chi connectivity index (χ0n) is 8.21. The Kier molecular flexibility index (Phi) is 3.10. The van der Waals surface area contributed by atoms with Crippen LogP contribution in [-0.2, 0) is 6.54 Å². The Labute approximate surface area is 83.3 Å². The Morgan fingerprint density at radius 2 is 1.79 bits per heavy atom. The molecule has 1 saturated heterocycles. The highest BCUT2D eigenvalue weighted by Gasteiger charge is 2.16. The Hall–Kier alpha value is -0.940. The van der Waals surface area contributed by atoms with Crippen LogP contribution in [0.4, 0.5) is 0 Å². The molecule has 5 nitrogen and oxygen atoms in total. The summed E-state index contributed by atoms with van der Waals surface area (Å²) in [5.41, 5.74) is 0. The first-order chi connectivity index (χ1) is 6.84. The second-order valence-electron chi connectivity index (χ2n) is 3.70. The number of rotatable bonds is 3. The minimum absolute atomic E-state index is 0.0888. The molecule has 0 saturated carbocycles. The number of hydrogen-bond acceptors (Lipinski definition) is 4. The first-order valence-electron chi connectivity index (χ1n) is 5.09. The van der Waals surface area contributed by atoms with Gasteiger partial charge in [0.15, 0.2) is 0 Å². The molecule has 78 valence electrons. The molecule has 2 heterocycles. The molecular weight excluding hydrogens is 180 g/mol. The molecule has 0 atom stereocenters. The first-order valence-corrected chi connectivity index (χ1v) is 5.09. The van der Waals surface area contributed by atoms with Gasteiger partial charge in [-0.15, -0.1) is 0 Å². The van der Waals surface area contributed by atoms with Crippen molar-refractivity contribution in [2.75, 3.05) is 19.6 Å². The van der Waals surface area contributed by atoms with Gasteiger partial charge >= 0.3 is 0 Å². The minimum Gasteiger partial charge on any atom is -0.393 e. The molecule has 0 aromatic carbocycles. The van der Waals surface area contributed by atoms with E-state index in [2.05, 4.69) is 15.1 Å². The lowest BCUT2D eigenvalue weighted by atomic mass is 10.1. The summed E-state index contributed by atoms with van der Waals surface area (Å²) in [4.78, 5) is 4.04. The quantitative estimate of drug-likeness (QED) is 0.723. The summed E-state index contributed by atoms with van der Waals surface area (Å²) in [6, 6.07) is 0. The number of hydrogen-bond donors (Lipinski definition) is 1. The van der Waals surface area contributed by atoms with Crippen molar-refractivity contribution in [3.8, 4) is 0 Å². The summed E-state index contributed by atoms with van der Waals surface area (Å²) < 4.78 is 0. The Morgan fingerprint density at radius 3 is 2.43 bits per heavy atom. The predicted molar refractivity (Wildman–Crippen MR) is 51.7 cm³/mol. The molecule has 0 unspecified atom stereocenters. The molecule has 0 aliphatic carbocycles. The zero-order valence-corrected chi connectivity index (χ0v) is 8.21. The highest BCUT2D eigenvalue weighted by atomic mass is 16.3. The van der Waals surface area contributed by atoms with Crippen LogP contribution in [0.5, 0.6) is 0 Å². The van der Waals surface area contributed by atoms with Crippen LogP contribution in [0.25, 0.3) is 0 Å². The molecule has 0 amide bonds. The fourth-order valence-corrected chi connectivity index (χ4v) is 1.73. The number of aliphatic hydroxyl groups excluding tert-OH is 1. The predicted octanol–water partition coefficient (Wildman–Crippen LogP) is -0.265. The first kappa shape index (κ1) is 9.61. The Bertz CT molecular complexity index is 254. The van der Waals surface area contributed by atoms with E-state index >= 15 is 0 Å². The van der Waals surface area contributed by atoms with E-state index in [0.29, 0.717) is 0 Å². The van der Waals surface area contributed by atoms with E-state index in [9.17, 15) is 5.11 Å². The second kappa shape index (κ2) is 4.52. The van der Waals surface area contributed by atoms with Crippen LogP contribution in [0.2, 0.25) is 0 Å². The normalized spacial score (nSPS) is 20.1. The van der Waals surface area contributed by atoms with Gasteiger partial charge in [0.2, 0.25) is 0 Å². The van der Waals surface area contributed by atoms with Gasteiger partial charge in [-0.05, 0) is 12.8 Å². The molecule has 14 heavy (non-hydrogen) atoms. The number of piperidine rings is 1. The lowest BCUT2D eigenvalue weighted by molar-refractivity contribution is 0.0799. The van der Waals surface area contributed by atoms with Crippen LogP contribution < -0.4 is 0 Å². The van der Waals surface area contributed by atoms with Gasteiger partial charge in [0, 0.05) is 19.6 Å². The van der Waals surface area contributed by atoms with Gasteiger partial charge < -0.3 is 10.0 Å². The molecule has 1 fully saturated rings. The van der Waals surface area contributed by atoms with Crippen LogP contribution in [0, 0.1) is 0 Å². The molecular formula is C9H16N4O. The molecule has 1 aromatic rings. The van der Waals surface area contributed by atoms with Crippen molar-refractivity contribution in [3.63, 3.8) is 0 Å². The number of nitrogens with zero attached hydrogens (tertiary/aromatic N) is 4. The summed E-state index contributed by atoms with van der Waals surface area (Å²) in [5, 5.41) is 17.4. The van der Waals surface area contributed by atoms with Crippen LogP contribution in [-0.4, -0.2) is 50.7 Å². The van der Waals surface area contributed by atoms with Crippen molar-refractivity contribution in [1.29, 1.82) is 0 Å². The molecule has 1 aliphatic rings. The van der Waals surface area contributed by atoms with Crippen molar-refractivity contribution < 1.29 is 5.11 Å². The van der Waals surface area contributed by atoms with Gasteiger partial charge in [-0.1, -0.05) is 0 Å². The second-order valence-corrected chi connectivity index (χ2v) is 3.70. The number of aromatic nitrogens is 3. The maximum atomic E-state index is 9.32. The summed E-state index contributed by atoms with van der Waals surface area (Å²) >= 11 is 0. The largest absolute Gasteiger partial charge is 0.393 e. The van der Waals surface area contributed by atoms with E-state index < -0.39 is 0 Å². The van der Waals surface area contributed by atoms with Crippen molar-refractivity contribution >= 4 is 0 Å². The van der Waals surface area contributed by atoms with Crippen LogP contribution in [0.1, 0.15) is 12.8 Å². The highest BCUT2D eigenvalue weighted by Crippen LogP contribution is 2.09. The summed E-state index contributed by atoms with van der Waals surface area (Å²) in [6.07, 6.45) is 5.09. The van der Waals surface area contributed by atoms with Gasteiger partial charge in [0.05, 0.1) is 25.0 Å². The SMILES string of the molecule is OC1CCN(CCn2nccn2)CC1. The third kappa shape index (κ3) is 2.52. The van der Waals surface area contributed by atoms with Gasteiger partial charge in [-0.25, -0.2) is 0 Å². The highest BCUT2D eigenvalue weighted by molar-refractivity contribution is 4.70. The smallest absolute Gasteiger partial charge is 0.0734 e. The summed E-state index contributed by atoms with van der Waals surface area (Å²) in [7, 11) is 0. The fraction of sp³-hybridized carbons (Fsp3) is 0.778. The summed E-state index contributed by atoms with van der Waals surface area (Å²) in [5.74, 6) is 0. The lowest BCUT2D eigenvalue weighted by Gasteiger charge is -2.29.